The topological polar surface area (TPSA) is 62.1 Å². The number of amides is 1. The van der Waals surface area contributed by atoms with Gasteiger partial charge in [0.15, 0.2) is 5.17 Å². The number of carbonyl (C=O) groups excluding carboxylic acids is 1. The zero-order chi connectivity index (χ0) is 19.2. The third kappa shape index (κ3) is 5.12. The highest BCUT2D eigenvalue weighted by Gasteiger charge is 2.33. The van der Waals surface area contributed by atoms with Crippen molar-refractivity contribution in [2.24, 2.45) is 4.99 Å². The van der Waals surface area contributed by atoms with Gasteiger partial charge in [-0.05, 0) is 76.7 Å². The SMILES string of the molecule is COCCCN1C(=O)/C(=C/c2ccc(O)c(I)c2)SC1=Nc1ccccc1. The van der Waals surface area contributed by atoms with E-state index in [1.54, 1.807) is 24.1 Å². The van der Waals surface area contributed by atoms with Crippen LogP contribution in [0.2, 0.25) is 0 Å². The highest BCUT2D eigenvalue weighted by molar-refractivity contribution is 14.1. The summed E-state index contributed by atoms with van der Waals surface area (Å²) < 4.78 is 5.86. The van der Waals surface area contributed by atoms with E-state index in [1.807, 2.05) is 42.5 Å². The van der Waals surface area contributed by atoms with Crippen molar-refractivity contribution >= 4 is 57.2 Å². The van der Waals surface area contributed by atoms with Gasteiger partial charge in [-0.3, -0.25) is 9.69 Å². The molecular weight excluding hydrogens is 475 g/mol. The lowest BCUT2D eigenvalue weighted by Crippen LogP contribution is -2.30. The number of amidine groups is 1. The largest absolute Gasteiger partial charge is 0.507 e. The second-order valence-electron chi connectivity index (χ2n) is 5.85. The number of benzene rings is 2. The summed E-state index contributed by atoms with van der Waals surface area (Å²) in [6.07, 6.45) is 2.58. The summed E-state index contributed by atoms with van der Waals surface area (Å²) in [5.74, 6) is 0.171. The number of methoxy groups -OCH3 is 1. The number of halogens is 1. The Balaban J connectivity index is 1.90. The van der Waals surface area contributed by atoms with Gasteiger partial charge in [0.25, 0.3) is 5.91 Å². The number of aromatic hydroxyl groups is 1. The van der Waals surface area contributed by atoms with Gasteiger partial charge in [-0.15, -0.1) is 0 Å². The molecule has 1 N–H and O–H groups in total. The highest BCUT2D eigenvalue weighted by Crippen LogP contribution is 2.34. The predicted molar refractivity (Wildman–Crippen MR) is 118 cm³/mol. The smallest absolute Gasteiger partial charge is 0.266 e. The van der Waals surface area contributed by atoms with Crippen LogP contribution in [0.5, 0.6) is 5.75 Å². The Morgan fingerprint density at radius 2 is 2.04 bits per heavy atom. The van der Waals surface area contributed by atoms with E-state index in [0.29, 0.717) is 23.2 Å². The van der Waals surface area contributed by atoms with Crippen molar-refractivity contribution in [2.45, 2.75) is 6.42 Å². The number of aliphatic imine (C=N–C) groups is 1. The summed E-state index contributed by atoms with van der Waals surface area (Å²) in [7, 11) is 1.65. The number of ether oxygens (including phenoxy) is 1. The second kappa shape index (κ2) is 9.38. The molecule has 0 saturated carbocycles. The first-order chi connectivity index (χ1) is 13.1. The molecule has 1 heterocycles. The monoisotopic (exact) mass is 494 g/mol. The summed E-state index contributed by atoms with van der Waals surface area (Å²) in [6.45, 7) is 1.14. The number of phenolic OH excluding ortho intramolecular Hbond substituents is 1. The lowest BCUT2D eigenvalue weighted by molar-refractivity contribution is -0.122. The fourth-order valence-corrected chi connectivity index (χ4v) is 4.10. The molecule has 0 unspecified atom stereocenters. The van der Waals surface area contributed by atoms with Crippen molar-refractivity contribution in [1.29, 1.82) is 0 Å². The molecule has 0 atom stereocenters. The van der Waals surface area contributed by atoms with Crippen LogP contribution in [0.15, 0.2) is 58.4 Å². The van der Waals surface area contributed by atoms with Crippen molar-refractivity contribution in [3.63, 3.8) is 0 Å². The van der Waals surface area contributed by atoms with Crippen LogP contribution in [0.1, 0.15) is 12.0 Å². The van der Waals surface area contributed by atoms with Crippen LogP contribution in [-0.4, -0.2) is 41.3 Å². The number of thioether (sulfide) groups is 1. The van der Waals surface area contributed by atoms with Crippen LogP contribution in [-0.2, 0) is 9.53 Å². The van der Waals surface area contributed by atoms with Gasteiger partial charge in [0.2, 0.25) is 0 Å². The minimum Gasteiger partial charge on any atom is -0.507 e. The zero-order valence-electron chi connectivity index (χ0n) is 14.8. The summed E-state index contributed by atoms with van der Waals surface area (Å²) in [5, 5.41) is 10.4. The van der Waals surface area contributed by atoms with E-state index in [4.69, 9.17) is 4.74 Å². The Bertz CT molecular complexity index is 884. The van der Waals surface area contributed by atoms with Crippen molar-refractivity contribution in [3.8, 4) is 5.75 Å². The van der Waals surface area contributed by atoms with Gasteiger partial charge in [-0.25, -0.2) is 4.99 Å². The van der Waals surface area contributed by atoms with E-state index in [9.17, 15) is 9.90 Å². The maximum Gasteiger partial charge on any atom is 0.266 e. The van der Waals surface area contributed by atoms with Gasteiger partial charge >= 0.3 is 0 Å². The van der Waals surface area contributed by atoms with Crippen molar-refractivity contribution in [1.82, 2.24) is 4.90 Å². The molecule has 0 radical (unpaired) electrons. The first-order valence-corrected chi connectivity index (χ1v) is 10.3. The third-order valence-corrected chi connectivity index (χ3v) is 5.74. The Morgan fingerprint density at radius 1 is 1.26 bits per heavy atom. The molecule has 27 heavy (non-hydrogen) atoms. The molecule has 1 amide bonds. The first kappa shape index (κ1) is 19.9. The summed E-state index contributed by atoms with van der Waals surface area (Å²) in [6, 6.07) is 14.9. The van der Waals surface area contributed by atoms with Crippen LogP contribution < -0.4 is 0 Å². The molecule has 0 spiro atoms. The van der Waals surface area contributed by atoms with Crippen molar-refractivity contribution < 1.29 is 14.6 Å². The van der Waals surface area contributed by atoms with E-state index in [-0.39, 0.29) is 11.7 Å². The summed E-state index contributed by atoms with van der Waals surface area (Å²) in [5.41, 5.74) is 1.68. The van der Waals surface area contributed by atoms with Crippen LogP contribution >= 0.6 is 34.4 Å². The second-order valence-corrected chi connectivity index (χ2v) is 8.03. The molecule has 0 bridgehead atoms. The van der Waals surface area contributed by atoms with Crippen LogP contribution in [0.25, 0.3) is 6.08 Å². The zero-order valence-corrected chi connectivity index (χ0v) is 17.7. The van der Waals surface area contributed by atoms with Crippen LogP contribution in [0.3, 0.4) is 0 Å². The third-order valence-electron chi connectivity index (χ3n) is 3.87. The Hall–Kier alpha value is -1.84. The van der Waals surface area contributed by atoms with E-state index < -0.39 is 0 Å². The maximum atomic E-state index is 12.9. The number of carbonyl (C=O) groups is 1. The lowest BCUT2D eigenvalue weighted by atomic mass is 10.2. The number of rotatable bonds is 6. The van der Waals surface area contributed by atoms with Gasteiger partial charge in [0, 0.05) is 20.3 Å². The number of para-hydroxylation sites is 1. The van der Waals surface area contributed by atoms with Gasteiger partial charge in [0.1, 0.15) is 5.75 Å². The molecule has 5 nitrogen and oxygen atoms in total. The Kier molecular flexibility index (Phi) is 6.92. The normalized spacial score (nSPS) is 17.3. The average Bonchev–Trinajstić information content (AvgIpc) is 2.94. The predicted octanol–water partition coefficient (Wildman–Crippen LogP) is 4.64. The van der Waals surface area contributed by atoms with Gasteiger partial charge in [-0.1, -0.05) is 24.3 Å². The van der Waals surface area contributed by atoms with E-state index in [0.717, 1.165) is 21.2 Å². The van der Waals surface area contributed by atoms with E-state index in [1.165, 1.54) is 11.8 Å². The lowest BCUT2D eigenvalue weighted by Gasteiger charge is -2.15. The fraction of sp³-hybridized carbons (Fsp3) is 0.200. The Labute approximate surface area is 176 Å². The molecular formula is C20H19IN2O3S. The van der Waals surface area contributed by atoms with Crippen LogP contribution in [0.4, 0.5) is 5.69 Å². The molecule has 0 aliphatic carbocycles. The fourth-order valence-electron chi connectivity index (χ4n) is 2.53. The summed E-state index contributed by atoms with van der Waals surface area (Å²) in [4.78, 5) is 19.9. The number of phenols is 1. The summed E-state index contributed by atoms with van der Waals surface area (Å²) >= 11 is 3.43. The van der Waals surface area contributed by atoms with Gasteiger partial charge in [-0.2, -0.15) is 0 Å². The molecule has 140 valence electrons. The van der Waals surface area contributed by atoms with Crippen molar-refractivity contribution in [2.75, 3.05) is 20.3 Å². The van der Waals surface area contributed by atoms with Crippen LogP contribution in [0, 0.1) is 3.57 Å². The van der Waals surface area contributed by atoms with E-state index in [2.05, 4.69) is 27.6 Å². The molecule has 3 rings (SSSR count). The number of hydrogen-bond donors (Lipinski definition) is 1. The standard InChI is InChI=1S/C20H19IN2O3S/c1-26-11-5-10-23-19(25)18(13-14-8-9-17(24)16(21)12-14)27-20(23)22-15-6-3-2-4-7-15/h2-4,6-9,12-13,24H,5,10-11H2,1H3/b18-13-,22-20?. The van der Waals surface area contributed by atoms with E-state index >= 15 is 0 Å². The molecule has 7 heteroatoms. The molecule has 1 fully saturated rings. The molecule has 1 aliphatic rings. The van der Waals surface area contributed by atoms with Gasteiger partial charge in [0.05, 0.1) is 14.2 Å². The van der Waals surface area contributed by atoms with Crippen molar-refractivity contribution in [3.05, 3.63) is 62.6 Å². The molecule has 2 aromatic carbocycles. The highest BCUT2D eigenvalue weighted by atomic mass is 127. The quantitative estimate of drug-likeness (QED) is 0.361. The molecule has 2 aromatic rings. The molecule has 0 aromatic heterocycles. The van der Waals surface area contributed by atoms with Gasteiger partial charge < -0.3 is 9.84 Å². The number of hydrogen-bond acceptors (Lipinski definition) is 5. The Morgan fingerprint density at radius 3 is 2.74 bits per heavy atom. The molecule has 1 saturated heterocycles. The molecule has 1 aliphatic heterocycles. The first-order valence-electron chi connectivity index (χ1n) is 8.41. The average molecular weight is 494 g/mol. The minimum absolute atomic E-state index is 0.0612. The maximum absolute atomic E-state index is 12.9. The number of nitrogens with zero attached hydrogens (tertiary/aromatic N) is 2. The minimum atomic E-state index is -0.0612.